The molecule has 6 heteroatoms. The first-order valence-corrected chi connectivity index (χ1v) is 28.3. The van der Waals surface area contributed by atoms with Gasteiger partial charge in [0.25, 0.3) is 0 Å². The third-order valence-electron chi connectivity index (χ3n) is 12.4. The van der Waals surface area contributed by atoms with Crippen molar-refractivity contribution in [1.29, 1.82) is 0 Å². The molecule has 9 aromatic rings. The van der Waals surface area contributed by atoms with Gasteiger partial charge in [0.05, 0.1) is 16.1 Å². The molecule has 0 radical (unpaired) electrons. The summed E-state index contributed by atoms with van der Waals surface area (Å²) in [4.78, 5) is 0. The zero-order chi connectivity index (χ0) is 44.3. The number of rotatable bonds is 15. The average molecular weight is 927 g/mol. The van der Waals surface area contributed by atoms with Crippen molar-refractivity contribution in [3.63, 3.8) is 0 Å². The molecule has 1 fully saturated rings. The molecule has 0 N–H and O–H groups in total. The van der Waals surface area contributed by atoms with Crippen LogP contribution in [0.4, 0.5) is 5.69 Å². The Bertz CT molecular complexity index is 2520. The number of para-hydroxylation sites is 1. The van der Waals surface area contributed by atoms with Crippen LogP contribution in [0.5, 0.6) is 0 Å². The van der Waals surface area contributed by atoms with Crippen LogP contribution in [0.1, 0.15) is 37.2 Å². The highest BCUT2D eigenvalue weighted by atomic mass is 31.2. The van der Waals surface area contributed by atoms with Gasteiger partial charge in [-0.05, 0) is 58.0 Å². The minimum Gasteiger partial charge on any atom is -0.313 e. The standard InChI is InChI=1S/C60H54N2P4/c1-9-30-51(31-10-1)63(52-32-11-2-12-33-52)61(64(53-34-13-3-14-35-53)54-36-15-4-16-37-54)50-29-27-28-49(48-50)59-46-25-26-47-60(59)62(65(55-38-17-5-18-39-55)56-40-19-6-20-41-56)66(57-42-21-7-22-43-57)58-44-23-8-24-45-58/h1-26,30-47,49-50H,27-29,48H2. The number of nitrogens with zero attached hydrogens (tertiary/aromatic N) is 2. The van der Waals surface area contributed by atoms with E-state index in [9.17, 15) is 0 Å². The lowest BCUT2D eigenvalue weighted by Crippen LogP contribution is -2.40. The van der Waals surface area contributed by atoms with E-state index in [1.807, 2.05) is 0 Å². The van der Waals surface area contributed by atoms with Gasteiger partial charge in [0.15, 0.2) is 0 Å². The first kappa shape index (κ1) is 44.3. The second-order valence-electron chi connectivity index (χ2n) is 16.6. The first-order chi connectivity index (χ1) is 32.8. The van der Waals surface area contributed by atoms with E-state index in [0.29, 0.717) is 12.0 Å². The molecule has 0 amide bonds. The molecule has 324 valence electrons. The van der Waals surface area contributed by atoms with Crippen molar-refractivity contribution in [1.82, 2.24) is 4.44 Å². The lowest BCUT2D eigenvalue weighted by atomic mass is 9.81. The monoisotopic (exact) mass is 926 g/mol. The lowest BCUT2D eigenvalue weighted by Gasteiger charge is -2.47. The molecular weight excluding hydrogens is 873 g/mol. The van der Waals surface area contributed by atoms with Crippen LogP contribution in [0.25, 0.3) is 0 Å². The van der Waals surface area contributed by atoms with E-state index >= 15 is 0 Å². The SMILES string of the molecule is c1ccc(P(c2ccccc2)N(c2ccccc2C2CCCC(N(P(c3ccccc3)c3ccccc3)P(c3ccccc3)c3ccccc3)C2)P(c2ccccc2)c2ccccc2)cc1. The third-order valence-corrected chi connectivity index (χ3v) is 23.5. The van der Waals surface area contributed by atoms with E-state index in [0.717, 1.165) is 25.7 Å². The van der Waals surface area contributed by atoms with Crippen LogP contribution >= 0.6 is 32.3 Å². The summed E-state index contributed by atoms with van der Waals surface area (Å²) >= 11 is 0. The van der Waals surface area contributed by atoms with E-state index in [4.69, 9.17) is 0 Å². The van der Waals surface area contributed by atoms with Gasteiger partial charge in [0.2, 0.25) is 0 Å². The van der Waals surface area contributed by atoms with E-state index < -0.39 is 32.3 Å². The predicted octanol–water partition coefficient (Wildman–Crippen LogP) is 13.0. The minimum absolute atomic E-state index is 0.331. The van der Waals surface area contributed by atoms with Gasteiger partial charge in [0.1, 0.15) is 0 Å². The van der Waals surface area contributed by atoms with Gasteiger partial charge in [-0.3, -0.25) is 0 Å². The van der Waals surface area contributed by atoms with Crippen LogP contribution in [0, 0.1) is 0 Å². The molecule has 2 atom stereocenters. The zero-order valence-electron chi connectivity index (χ0n) is 37.1. The van der Waals surface area contributed by atoms with Crippen molar-refractivity contribution in [2.45, 2.75) is 37.6 Å². The Morgan fingerprint density at radius 2 is 0.561 bits per heavy atom. The molecule has 2 unspecified atom stereocenters. The van der Waals surface area contributed by atoms with Gasteiger partial charge >= 0.3 is 0 Å². The predicted molar refractivity (Wildman–Crippen MR) is 292 cm³/mol. The Kier molecular flexibility index (Phi) is 14.7. The molecule has 0 heterocycles. The molecule has 1 aliphatic carbocycles. The second kappa shape index (κ2) is 21.8. The normalized spacial score (nSPS) is 15.1. The van der Waals surface area contributed by atoms with Crippen LogP contribution in [0.2, 0.25) is 0 Å². The maximum Gasteiger partial charge on any atom is 0.0590 e. The molecule has 66 heavy (non-hydrogen) atoms. The molecule has 9 aromatic carbocycles. The summed E-state index contributed by atoms with van der Waals surface area (Å²) in [6, 6.07) is 101. The van der Waals surface area contributed by atoms with Gasteiger partial charge in [-0.25, -0.2) is 4.44 Å². The van der Waals surface area contributed by atoms with Gasteiger partial charge in [0, 0.05) is 49.1 Å². The summed E-state index contributed by atoms with van der Waals surface area (Å²) in [5.74, 6) is 0.350. The number of benzene rings is 9. The first-order valence-electron chi connectivity index (χ1n) is 23.1. The summed E-state index contributed by atoms with van der Waals surface area (Å²) in [7, 11) is -3.87. The van der Waals surface area contributed by atoms with Crippen LogP contribution in [-0.2, 0) is 0 Å². The van der Waals surface area contributed by atoms with Gasteiger partial charge in [-0.15, -0.1) is 0 Å². The van der Waals surface area contributed by atoms with Crippen molar-refractivity contribution in [3.05, 3.63) is 272 Å². The van der Waals surface area contributed by atoms with E-state index in [2.05, 4.69) is 276 Å². The fourth-order valence-corrected chi connectivity index (χ4v) is 21.9. The van der Waals surface area contributed by atoms with Crippen LogP contribution in [-0.4, -0.2) is 10.5 Å². The number of hydrogen-bond acceptors (Lipinski definition) is 2. The fraction of sp³-hybridized carbons (Fsp3) is 0.100. The third kappa shape index (κ3) is 9.92. The second-order valence-corrected chi connectivity index (χ2v) is 25.5. The van der Waals surface area contributed by atoms with Crippen molar-refractivity contribution >= 4 is 80.4 Å². The highest BCUT2D eigenvalue weighted by molar-refractivity contribution is 7.90. The maximum atomic E-state index is 3.05. The van der Waals surface area contributed by atoms with Crippen LogP contribution in [0.3, 0.4) is 0 Å². The maximum absolute atomic E-state index is 3.05. The Hall–Kier alpha value is -5.54. The highest BCUT2D eigenvalue weighted by Crippen LogP contribution is 2.61. The van der Waals surface area contributed by atoms with E-state index in [-0.39, 0.29) is 0 Å². The smallest absolute Gasteiger partial charge is 0.0590 e. The van der Waals surface area contributed by atoms with E-state index in [1.165, 1.54) is 53.7 Å². The quantitative estimate of drug-likeness (QED) is 0.0946. The Morgan fingerprint density at radius 3 is 0.879 bits per heavy atom. The van der Waals surface area contributed by atoms with Crippen LogP contribution in [0.15, 0.2) is 267 Å². The highest BCUT2D eigenvalue weighted by Gasteiger charge is 2.41. The van der Waals surface area contributed by atoms with Crippen molar-refractivity contribution in [2.75, 3.05) is 4.44 Å². The van der Waals surface area contributed by atoms with Gasteiger partial charge in [-0.2, -0.15) is 0 Å². The minimum atomic E-state index is -1.02. The van der Waals surface area contributed by atoms with Crippen LogP contribution < -0.4 is 46.9 Å². The molecule has 0 bridgehead atoms. The summed E-state index contributed by atoms with van der Waals surface area (Å²) < 4.78 is 5.95. The van der Waals surface area contributed by atoms with Crippen molar-refractivity contribution in [2.24, 2.45) is 0 Å². The summed E-state index contributed by atoms with van der Waals surface area (Å²) in [5, 5.41) is 11.0. The fourth-order valence-electron chi connectivity index (χ4n) is 9.45. The molecule has 0 saturated heterocycles. The summed E-state index contributed by atoms with van der Waals surface area (Å²) in [6.45, 7) is 0. The molecule has 2 nitrogen and oxygen atoms in total. The Labute approximate surface area is 397 Å². The Balaban J connectivity index is 1.16. The molecule has 0 aliphatic heterocycles. The lowest BCUT2D eigenvalue weighted by molar-refractivity contribution is 0.323. The van der Waals surface area contributed by atoms with Crippen molar-refractivity contribution < 1.29 is 0 Å². The molecule has 0 aromatic heterocycles. The largest absolute Gasteiger partial charge is 0.313 e. The molecule has 0 spiro atoms. The number of hydrogen-bond donors (Lipinski definition) is 0. The molecule has 10 rings (SSSR count). The topological polar surface area (TPSA) is 6.48 Å². The van der Waals surface area contributed by atoms with E-state index in [1.54, 1.807) is 0 Å². The van der Waals surface area contributed by atoms with Gasteiger partial charge < -0.3 is 4.44 Å². The van der Waals surface area contributed by atoms with Crippen molar-refractivity contribution in [3.8, 4) is 0 Å². The average Bonchev–Trinajstić information content (AvgIpc) is 3.41. The summed E-state index contributed by atoms with van der Waals surface area (Å²) in [5.41, 5.74) is 2.82. The molecular formula is C60H54N2P4. The number of anilines is 1. The molecule has 1 saturated carbocycles. The zero-order valence-corrected chi connectivity index (χ0v) is 40.6. The summed E-state index contributed by atoms with van der Waals surface area (Å²) in [6.07, 6.45) is 4.55. The Morgan fingerprint density at radius 1 is 0.288 bits per heavy atom. The molecule has 1 aliphatic rings. The van der Waals surface area contributed by atoms with Gasteiger partial charge in [-0.1, -0.05) is 267 Å².